The number of anilines is 1. The Balaban J connectivity index is 1.86. The zero-order valence-electron chi connectivity index (χ0n) is 11.7. The van der Waals surface area contributed by atoms with E-state index in [4.69, 9.17) is 14.9 Å². The molecule has 112 valence electrons. The molecule has 2 aromatic heterocycles. The fourth-order valence-corrected chi connectivity index (χ4v) is 2.42. The van der Waals surface area contributed by atoms with E-state index in [2.05, 4.69) is 5.32 Å². The summed E-state index contributed by atoms with van der Waals surface area (Å²) in [6.07, 6.45) is 0.630. The molecule has 0 bridgehead atoms. The topological polar surface area (TPSA) is 94.6 Å². The molecule has 0 aromatic carbocycles. The van der Waals surface area contributed by atoms with Crippen LogP contribution in [0.3, 0.4) is 0 Å². The third-order valence-corrected chi connectivity index (χ3v) is 3.87. The van der Waals surface area contributed by atoms with Crippen molar-refractivity contribution in [1.82, 2.24) is 5.32 Å². The summed E-state index contributed by atoms with van der Waals surface area (Å²) >= 11 is 1.24. The van der Waals surface area contributed by atoms with Crippen molar-refractivity contribution < 1.29 is 18.7 Å². The molecule has 21 heavy (non-hydrogen) atoms. The summed E-state index contributed by atoms with van der Waals surface area (Å²) in [6, 6.07) is 5.03. The van der Waals surface area contributed by atoms with Gasteiger partial charge in [0.25, 0.3) is 5.91 Å². The van der Waals surface area contributed by atoms with E-state index < -0.39 is 12.1 Å². The summed E-state index contributed by atoms with van der Waals surface area (Å²) in [7, 11) is 0. The predicted octanol–water partition coefficient (Wildman–Crippen LogP) is 2.09. The summed E-state index contributed by atoms with van der Waals surface area (Å²) in [6.45, 7) is 3.58. The number of carbonyl (C=O) groups excluding carboxylic acids is 2. The van der Waals surface area contributed by atoms with Crippen LogP contribution in [0.1, 0.15) is 27.2 Å². The van der Waals surface area contributed by atoms with Crippen molar-refractivity contribution in [2.75, 3.05) is 5.73 Å². The second kappa shape index (κ2) is 6.45. The number of furan rings is 1. The molecule has 6 nitrogen and oxygen atoms in total. The number of thiophene rings is 1. The van der Waals surface area contributed by atoms with E-state index in [9.17, 15) is 9.59 Å². The van der Waals surface area contributed by atoms with Crippen molar-refractivity contribution in [3.05, 3.63) is 40.0 Å². The Hall–Kier alpha value is -2.28. The van der Waals surface area contributed by atoms with Gasteiger partial charge in [0.1, 0.15) is 10.6 Å². The number of hydrogen-bond donors (Lipinski definition) is 2. The third kappa shape index (κ3) is 3.85. The van der Waals surface area contributed by atoms with Crippen LogP contribution in [-0.4, -0.2) is 18.0 Å². The second-order valence-electron chi connectivity index (χ2n) is 4.47. The summed E-state index contributed by atoms with van der Waals surface area (Å²) in [5.74, 6) is -0.315. The van der Waals surface area contributed by atoms with Gasteiger partial charge in [-0.3, -0.25) is 4.79 Å². The highest BCUT2D eigenvalue weighted by molar-refractivity contribution is 7.14. The Labute approximate surface area is 125 Å². The molecule has 0 radical (unpaired) electrons. The molecule has 2 heterocycles. The molecule has 2 rings (SSSR count). The van der Waals surface area contributed by atoms with Gasteiger partial charge in [-0.05, 0) is 32.0 Å². The summed E-state index contributed by atoms with van der Waals surface area (Å²) in [4.78, 5) is 24.9. The first-order valence-corrected chi connectivity index (χ1v) is 7.16. The van der Waals surface area contributed by atoms with Gasteiger partial charge in [0.15, 0.2) is 6.10 Å². The van der Waals surface area contributed by atoms with Crippen molar-refractivity contribution >= 4 is 28.9 Å². The molecule has 2 aromatic rings. The average Bonchev–Trinajstić information content (AvgIpc) is 3.07. The van der Waals surface area contributed by atoms with E-state index >= 15 is 0 Å². The minimum absolute atomic E-state index is 0.249. The summed E-state index contributed by atoms with van der Waals surface area (Å²) in [5, 5.41) is 2.63. The molecule has 0 spiro atoms. The second-order valence-corrected chi connectivity index (χ2v) is 5.72. The molecule has 0 fully saturated rings. The van der Waals surface area contributed by atoms with Crippen LogP contribution in [0.2, 0.25) is 0 Å². The molecule has 0 aliphatic carbocycles. The highest BCUT2D eigenvalue weighted by atomic mass is 32.1. The Bertz CT molecular complexity index is 614. The smallest absolute Gasteiger partial charge is 0.349 e. The molecule has 0 saturated heterocycles. The molecule has 1 atom stereocenters. The number of ether oxygens (including phenoxy) is 1. The minimum atomic E-state index is -0.893. The molecular weight excluding hydrogens is 292 g/mol. The number of nitrogens with one attached hydrogen (secondary N) is 1. The lowest BCUT2D eigenvalue weighted by atomic mass is 10.3. The van der Waals surface area contributed by atoms with Crippen LogP contribution in [0.15, 0.2) is 28.9 Å². The Morgan fingerprint density at radius 1 is 1.52 bits per heavy atom. The highest BCUT2D eigenvalue weighted by Crippen LogP contribution is 2.24. The maximum Gasteiger partial charge on any atom is 0.349 e. The summed E-state index contributed by atoms with van der Waals surface area (Å²) in [5.41, 5.74) is 6.23. The van der Waals surface area contributed by atoms with Crippen LogP contribution < -0.4 is 11.1 Å². The van der Waals surface area contributed by atoms with Crippen LogP contribution in [0.4, 0.5) is 5.69 Å². The number of nitrogen functional groups attached to an aromatic ring is 1. The number of esters is 1. The molecule has 0 saturated carbocycles. The van der Waals surface area contributed by atoms with E-state index in [1.807, 2.05) is 6.92 Å². The molecule has 7 heteroatoms. The van der Waals surface area contributed by atoms with Gasteiger partial charge in [-0.15, -0.1) is 11.3 Å². The quantitative estimate of drug-likeness (QED) is 0.825. The van der Waals surface area contributed by atoms with Crippen LogP contribution in [0.5, 0.6) is 0 Å². The first kappa shape index (κ1) is 15.1. The zero-order chi connectivity index (χ0) is 15.4. The Morgan fingerprint density at radius 3 is 2.86 bits per heavy atom. The van der Waals surface area contributed by atoms with Gasteiger partial charge < -0.3 is 20.2 Å². The van der Waals surface area contributed by atoms with E-state index in [1.165, 1.54) is 24.5 Å². The third-order valence-electron chi connectivity index (χ3n) is 2.83. The van der Waals surface area contributed by atoms with Crippen molar-refractivity contribution in [2.45, 2.75) is 26.5 Å². The van der Waals surface area contributed by atoms with Gasteiger partial charge in [0, 0.05) is 10.6 Å². The SMILES string of the molecule is Cc1sc(C(=O)OC(C)C(=O)NCc2ccco2)cc1N. The highest BCUT2D eigenvalue weighted by Gasteiger charge is 2.20. The fraction of sp³-hybridized carbons (Fsp3) is 0.286. The number of aryl methyl sites for hydroxylation is 1. The van der Waals surface area contributed by atoms with Crippen molar-refractivity contribution in [3.8, 4) is 0 Å². The number of carbonyl (C=O) groups is 2. The van der Waals surface area contributed by atoms with E-state index in [1.54, 1.807) is 18.2 Å². The molecule has 0 aliphatic rings. The standard InChI is InChI=1S/C14H16N2O4S/c1-8(13(17)16-7-10-4-3-5-19-10)20-14(18)12-6-11(15)9(2)21-12/h3-6,8H,7,15H2,1-2H3,(H,16,17). The maximum absolute atomic E-state index is 11.9. The molecule has 1 unspecified atom stereocenters. The minimum Gasteiger partial charge on any atom is -0.467 e. The van der Waals surface area contributed by atoms with Crippen LogP contribution in [0.25, 0.3) is 0 Å². The first-order valence-electron chi connectivity index (χ1n) is 6.34. The molecule has 0 aliphatic heterocycles. The van der Waals surface area contributed by atoms with Gasteiger partial charge in [0.05, 0.1) is 12.8 Å². The Morgan fingerprint density at radius 2 is 2.29 bits per heavy atom. The predicted molar refractivity (Wildman–Crippen MR) is 78.9 cm³/mol. The van der Waals surface area contributed by atoms with E-state index in [0.29, 0.717) is 16.3 Å². The number of hydrogen-bond acceptors (Lipinski definition) is 6. The van der Waals surface area contributed by atoms with Gasteiger partial charge >= 0.3 is 5.97 Å². The largest absolute Gasteiger partial charge is 0.467 e. The molecule has 3 N–H and O–H groups in total. The summed E-state index contributed by atoms with van der Waals surface area (Å²) < 4.78 is 10.2. The fourth-order valence-electron chi connectivity index (χ4n) is 1.60. The number of nitrogens with two attached hydrogens (primary N) is 1. The normalized spacial score (nSPS) is 11.9. The van der Waals surface area contributed by atoms with Gasteiger partial charge in [-0.1, -0.05) is 0 Å². The lowest BCUT2D eigenvalue weighted by Crippen LogP contribution is -2.35. The lowest BCUT2D eigenvalue weighted by Gasteiger charge is -2.12. The number of amides is 1. The molecule has 1 amide bonds. The maximum atomic E-state index is 11.9. The Kier molecular flexibility index (Phi) is 4.64. The van der Waals surface area contributed by atoms with Gasteiger partial charge in [-0.2, -0.15) is 0 Å². The van der Waals surface area contributed by atoms with Gasteiger partial charge in [0.2, 0.25) is 0 Å². The van der Waals surface area contributed by atoms with E-state index in [0.717, 1.165) is 4.88 Å². The first-order chi connectivity index (χ1) is 9.97. The van der Waals surface area contributed by atoms with Crippen LogP contribution >= 0.6 is 11.3 Å². The van der Waals surface area contributed by atoms with Crippen molar-refractivity contribution in [2.24, 2.45) is 0 Å². The monoisotopic (exact) mass is 308 g/mol. The van der Waals surface area contributed by atoms with Crippen LogP contribution in [0, 0.1) is 6.92 Å². The average molecular weight is 308 g/mol. The number of rotatable bonds is 5. The lowest BCUT2D eigenvalue weighted by molar-refractivity contribution is -0.129. The van der Waals surface area contributed by atoms with Crippen molar-refractivity contribution in [1.29, 1.82) is 0 Å². The molecular formula is C14H16N2O4S. The van der Waals surface area contributed by atoms with Gasteiger partial charge in [-0.25, -0.2) is 4.79 Å². The zero-order valence-corrected chi connectivity index (χ0v) is 12.5. The van der Waals surface area contributed by atoms with E-state index in [-0.39, 0.29) is 12.5 Å². The van der Waals surface area contributed by atoms with Crippen molar-refractivity contribution in [3.63, 3.8) is 0 Å². The van der Waals surface area contributed by atoms with Crippen LogP contribution in [-0.2, 0) is 16.1 Å².